The Kier molecular flexibility index (Phi) is 3.90. The third-order valence-corrected chi connectivity index (χ3v) is 3.81. The van der Waals surface area contributed by atoms with Crippen LogP contribution in [0.1, 0.15) is 47.3 Å². The van der Waals surface area contributed by atoms with Gasteiger partial charge in [-0.15, -0.1) is 5.10 Å². The Labute approximate surface area is 123 Å². The summed E-state index contributed by atoms with van der Waals surface area (Å²) in [5.74, 6) is 0.725. The minimum absolute atomic E-state index is 0.0231. The molecular formula is C15H18N2O2S. The second-order valence-electron chi connectivity index (χ2n) is 5.71. The van der Waals surface area contributed by atoms with Gasteiger partial charge >= 0.3 is 0 Å². The van der Waals surface area contributed by atoms with Crippen molar-refractivity contribution < 1.29 is 9.53 Å². The Morgan fingerprint density at radius 1 is 1.30 bits per heavy atom. The molecule has 0 saturated carbocycles. The minimum atomic E-state index is -0.196. The zero-order valence-electron chi connectivity index (χ0n) is 12.4. The number of hydrogen-bond donors (Lipinski definition) is 0. The molecule has 106 valence electrons. The molecule has 0 unspecified atom stereocenters. The van der Waals surface area contributed by atoms with Crippen molar-refractivity contribution in [3.8, 4) is 5.75 Å². The number of ether oxygens (including phenoxy) is 1. The first-order chi connectivity index (χ1) is 9.34. The number of carbonyl (C=O) groups excluding carboxylic acids is 1. The number of nitrogens with zero attached hydrogens (tertiary/aromatic N) is 2. The van der Waals surface area contributed by atoms with Crippen LogP contribution in [0.15, 0.2) is 18.2 Å². The van der Waals surface area contributed by atoms with Gasteiger partial charge in [-0.3, -0.25) is 4.79 Å². The van der Waals surface area contributed by atoms with Crippen LogP contribution < -0.4 is 4.74 Å². The van der Waals surface area contributed by atoms with E-state index in [1.165, 1.54) is 0 Å². The molecule has 2 rings (SSSR count). The molecule has 0 atom stereocenters. The Bertz CT molecular complexity index is 642. The molecule has 0 spiro atoms. The Hall–Kier alpha value is -1.75. The highest BCUT2D eigenvalue weighted by Crippen LogP contribution is 2.29. The second-order valence-corrected chi connectivity index (χ2v) is 6.46. The number of aromatic nitrogens is 2. The second kappa shape index (κ2) is 5.32. The zero-order valence-corrected chi connectivity index (χ0v) is 13.2. The highest BCUT2D eigenvalue weighted by atomic mass is 32.1. The highest BCUT2D eigenvalue weighted by molar-refractivity contribution is 7.08. The van der Waals surface area contributed by atoms with Gasteiger partial charge in [0.05, 0.1) is 12.8 Å². The summed E-state index contributed by atoms with van der Waals surface area (Å²) < 4.78 is 9.11. The van der Waals surface area contributed by atoms with E-state index in [0.717, 1.165) is 28.5 Å². The van der Waals surface area contributed by atoms with Crippen molar-refractivity contribution in [3.63, 3.8) is 0 Å². The van der Waals surface area contributed by atoms with Crippen LogP contribution in [0.3, 0.4) is 0 Å². The summed E-state index contributed by atoms with van der Waals surface area (Å²) in [4.78, 5) is 13.3. The third kappa shape index (κ3) is 2.72. The molecule has 1 heterocycles. The SMILES string of the molecule is COc1ccc(C(=O)c2snnc2C(C)(C)C)c(C)c1. The number of benzene rings is 1. The van der Waals surface area contributed by atoms with Gasteiger partial charge in [0.25, 0.3) is 0 Å². The van der Waals surface area contributed by atoms with Gasteiger partial charge in [-0.25, -0.2) is 0 Å². The first-order valence-electron chi connectivity index (χ1n) is 6.36. The van der Waals surface area contributed by atoms with E-state index in [1.54, 1.807) is 19.2 Å². The molecule has 2 aromatic rings. The maximum absolute atomic E-state index is 12.7. The van der Waals surface area contributed by atoms with Crippen LogP contribution in [0.4, 0.5) is 0 Å². The van der Waals surface area contributed by atoms with Gasteiger partial charge < -0.3 is 4.74 Å². The van der Waals surface area contributed by atoms with Crippen LogP contribution in [0, 0.1) is 6.92 Å². The molecule has 0 saturated heterocycles. The molecule has 1 aromatic heterocycles. The maximum Gasteiger partial charge on any atom is 0.206 e. The molecule has 20 heavy (non-hydrogen) atoms. The fourth-order valence-electron chi connectivity index (χ4n) is 1.97. The quantitative estimate of drug-likeness (QED) is 0.813. The van der Waals surface area contributed by atoms with Gasteiger partial charge in [0.1, 0.15) is 10.6 Å². The Balaban J connectivity index is 2.45. The molecular weight excluding hydrogens is 272 g/mol. The lowest BCUT2D eigenvalue weighted by Gasteiger charge is -2.16. The number of aryl methyl sites for hydroxylation is 1. The van der Waals surface area contributed by atoms with Gasteiger partial charge in [0.15, 0.2) is 0 Å². The summed E-state index contributed by atoms with van der Waals surface area (Å²) in [5.41, 5.74) is 2.12. The van der Waals surface area contributed by atoms with E-state index < -0.39 is 0 Å². The number of carbonyl (C=O) groups is 1. The fourth-order valence-corrected chi connectivity index (χ4v) is 2.80. The lowest BCUT2D eigenvalue weighted by molar-refractivity contribution is 0.103. The average molecular weight is 290 g/mol. The molecule has 0 aliphatic rings. The average Bonchev–Trinajstić information content (AvgIpc) is 2.86. The van der Waals surface area contributed by atoms with Crippen molar-refractivity contribution in [3.05, 3.63) is 39.9 Å². The topological polar surface area (TPSA) is 52.1 Å². The van der Waals surface area contributed by atoms with E-state index in [1.807, 2.05) is 33.8 Å². The summed E-state index contributed by atoms with van der Waals surface area (Å²) in [7, 11) is 1.61. The van der Waals surface area contributed by atoms with E-state index in [9.17, 15) is 4.79 Å². The van der Waals surface area contributed by atoms with Crippen LogP contribution in [-0.4, -0.2) is 22.5 Å². The van der Waals surface area contributed by atoms with E-state index in [4.69, 9.17) is 4.74 Å². The Morgan fingerprint density at radius 3 is 2.55 bits per heavy atom. The summed E-state index contributed by atoms with van der Waals surface area (Å²) >= 11 is 1.16. The molecule has 1 aromatic carbocycles. The van der Waals surface area contributed by atoms with Gasteiger partial charge in [0, 0.05) is 11.0 Å². The summed E-state index contributed by atoms with van der Waals surface area (Å²) in [6.45, 7) is 7.99. The number of ketones is 1. The van der Waals surface area contributed by atoms with E-state index in [2.05, 4.69) is 9.59 Å². The predicted molar refractivity (Wildman–Crippen MR) is 79.8 cm³/mol. The number of methoxy groups -OCH3 is 1. The van der Waals surface area contributed by atoms with Crippen molar-refractivity contribution in [2.45, 2.75) is 33.1 Å². The lowest BCUT2D eigenvalue weighted by atomic mass is 9.89. The first kappa shape index (κ1) is 14.7. The van der Waals surface area contributed by atoms with Gasteiger partial charge in [-0.05, 0) is 42.2 Å². The van der Waals surface area contributed by atoms with Crippen molar-refractivity contribution >= 4 is 17.3 Å². The van der Waals surface area contributed by atoms with Crippen molar-refractivity contribution in [2.75, 3.05) is 7.11 Å². The lowest BCUT2D eigenvalue weighted by Crippen LogP contribution is -2.17. The normalized spacial score (nSPS) is 11.4. The van der Waals surface area contributed by atoms with E-state index in [-0.39, 0.29) is 11.2 Å². The predicted octanol–water partition coefficient (Wildman–Crippen LogP) is 3.38. The van der Waals surface area contributed by atoms with Crippen LogP contribution in [0.2, 0.25) is 0 Å². The smallest absolute Gasteiger partial charge is 0.206 e. The molecule has 0 N–H and O–H groups in total. The standard InChI is InChI=1S/C15H18N2O2S/c1-9-8-10(19-5)6-7-11(9)12(18)13-14(15(2,3)4)16-17-20-13/h6-8H,1-5H3. The number of hydrogen-bond acceptors (Lipinski definition) is 5. The minimum Gasteiger partial charge on any atom is -0.497 e. The number of rotatable bonds is 3. The first-order valence-corrected chi connectivity index (χ1v) is 7.14. The van der Waals surface area contributed by atoms with Gasteiger partial charge in [0.2, 0.25) is 5.78 Å². The third-order valence-electron chi connectivity index (χ3n) is 3.08. The highest BCUT2D eigenvalue weighted by Gasteiger charge is 2.27. The van der Waals surface area contributed by atoms with Crippen molar-refractivity contribution in [2.24, 2.45) is 0 Å². The molecule has 4 nitrogen and oxygen atoms in total. The molecule has 0 bridgehead atoms. The molecule has 0 amide bonds. The van der Waals surface area contributed by atoms with Crippen LogP contribution >= 0.6 is 11.5 Å². The molecule has 0 aliphatic heterocycles. The van der Waals surface area contributed by atoms with Gasteiger partial charge in [-0.2, -0.15) is 0 Å². The summed E-state index contributed by atoms with van der Waals surface area (Å²) in [6, 6.07) is 5.45. The molecule has 0 aliphatic carbocycles. The molecule has 0 fully saturated rings. The maximum atomic E-state index is 12.7. The Morgan fingerprint density at radius 2 is 2.00 bits per heavy atom. The van der Waals surface area contributed by atoms with E-state index >= 15 is 0 Å². The summed E-state index contributed by atoms with van der Waals surface area (Å²) in [6.07, 6.45) is 0. The van der Waals surface area contributed by atoms with Crippen molar-refractivity contribution in [1.29, 1.82) is 0 Å². The van der Waals surface area contributed by atoms with Crippen LogP contribution in [0.25, 0.3) is 0 Å². The van der Waals surface area contributed by atoms with Gasteiger partial charge in [-0.1, -0.05) is 25.3 Å². The van der Waals surface area contributed by atoms with Crippen molar-refractivity contribution in [1.82, 2.24) is 9.59 Å². The zero-order chi connectivity index (χ0) is 14.9. The fraction of sp³-hybridized carbons (Fsp3) is 0.400. The van der Waals surface area contributed by atoms with Crippen LogP contribution in [-0.2, 0) is 5.41 Å². The largest absolute Gasteiger partial charge is 0.497 e. The van der Waals surface area contributed by atoms with Crippen LogP contribution in [0.5, 0.6) is 5.75 Å². The molecule has 5 heteroatoms. The molecule has 0 radical (unpaired) electrons. The van der Waals surface area contributed by atoms with E-state index in [0.29, 0.717) is 10.4 Å². The summed E-state index contributed by atoms with van der Waals surface area (Å²) in [5, 5.41) is 4.12. The monoisotopic (exact) mass is 290 g/mol.